The number of hydrogen-bond donors (Lipinski definition) is 1. The zero-order valence-corrected chi connectivity index (χ0v) is 12.5. The smallest absolute Gasteiger partial charge is 0.0223 e. The van der Waals surface area contributed by atoms with E-state index in [0.717, 1.165) is 24.5 Å². The summed E-state index contributed by atoms with van der Waals surface area (Å²) in [7, 11) is 0. The average molecular weight is 252 g/mol. The fourth-order valence-corrected chi connectivity index (χ4v) is 4.09. The molecule has 2 nitrogen and oxygen atoms in total. The maximum Gasteiger partial charge on any atom is 0.0223 e. The molecule has 106 valence electrons. The summed E-state index contributed by atoms with van der Waals surface area (Å²) in [6.07, 6.45) is 11.5. The highest BCUT2D eigenvalue weighted by atomic mass is 15.2. The summed E-state index contributed by atoms with van der Waals surface area (Å²) >= 11 is 0. The predicted octanol–water partition coefficient (Wildman–Crippen LogP) is 3.42. The molecule has 0 radical (unpaired) electrons. The minimum Gasteiger partial charge on any atom is -0.315 e. The monoisotopic (exact) mass is 252 g/mol. The number of nitrogens with one attached hydrogen (secondary N) is 1. The lowest BCUT2D eigenvalue weighted by molar-refractivity contribution is 0.0373. The van der Waals surface area contributed by atoms with E-state index in [2.05, 4.69) is 24.1 Å². The van der Waals surface area contributed by atoms with Crippen molar-refractivity contribution in [1.29, 1.82) is 0 Å². The van der Waals surface area contributed by atoms with Gasteiger partial charge in [0.1, 0.15) is 0 Å². The summed E-state index contributed by atoms with van der Waals surface area (Å²) in [5, 5.41) is 3.58. The Labute approximate surface area is 114 Å². The fourth-order valence-electron chi connectivity index (χ4n) is 4.09. The first kappa shape index (κ1) is 14.3. The minimum atomic E-state index is 0.816. The van der Waals surface area contributed by atoms with E-state index >= 15 is 0 Å². The molecule has 2 fully saturated rings. The molecule has 18 heavy (non-hydrogen) atoms. The molecular formula is C16H32N2. The van der Waals surface area contributed by atoms with Gasteiger partial charge in [-0.15, -0.1) is 0 Å². The Hall–Kier alpha value is -0.0800. The fraction of sp³-hybridized carbons (Fsp3) is 1.00. The molecule has 0 aromatic rings. The second-order valence-electron chi connectivity index (χ2n) is 6.22. The molecule has 1 aliphatic heterocycles. The summed E-state index contributed by atoms with van der Waals surface area (Å²) in [5.74, 6) is 0.973. The molecule has 1 aliphatic carbocycles. The number of likely N-dealkylation sites (N-methyl/N-ethyl adjacent to an activating group) is 1. The molecule has 2 heteroatoms. The van der Waals surface area contributed by atoms with Gasteiger partial charge in [-0.05, 0) is 44.7 Å². The van der Waals surface area contributed by atoms with Crippen molar-refractivity contribution < 1.29 is 0 Å². The molecule has 1 saturated carbocycles. The van der Waals surface area contributed by atoms with Crippen LogP contribution < -0.4 is 5.32 Å². The zero-order valence-electron chi connectivity index (χ0n) is 12.5. The molecule has 2 rings (SSSR count). The Bertz CT molecular complexity index is 229. The van der Waals surface area contributed by atoms with Gasteiger partial charge in [0, 0.05) is 18.6 Å². The van der Waals surface area contributed by atoms with Gasteiger partial charge in [-0.1, -0.05) is 39.5 Å². The molecule has 0 aromatic heterocycles. The van der Waals surface area contributed by atoms with Crippen LogP contribution in [0.25, 0.3) is 0 Å². The molecule has 0 amide bonds. The normalized spacial score (nSPS) is 34.7. The lowest BCUT2D eigenvalue weighted by Gasteiger charge is -2.46. The van der Waals surface area contributed by atoms with Gasteiger partial charge in [0.2, 0.25) is 0 Å². The Morgan fingerprint density at radius 1 is 1.00 bits per heavy atom. The quantitative estimate of drug-likeness (QED) is 0.806. The van der Waals surface area contributed by atoms with Crippen LogP contribution in [0.2, 0.25) is 0 Å². The largest absolute Gasteiger partial charge is 0.315 e. The average Bonchev–Trinajstić information content (AvgIpc) is 2.45. The van der Waals surface area contributed by atoms with Gasteiger partial charge in [0.05, 0.1) is 0 Å². The van der Waals surface area contributed by atoms with Gasteiger partial charge in [-0.2, -0.15) is 0 Å². The molecule has 2 aliphatic rings. The Kier molecular flexibility index (Phi) is 5.97. The van der Waals surface area contributed by atoms with E-state index < -0.39 is 0 Å². The zero-order chi connectivity index (χ0) is 12.8. The minimum absolute atomic E-state index is 0.816. The molecule has 1 saturated heterocycles. The van der Waals surface area contributed by atoms with E-state index in [1.165, 1.54) is 64.5 Å². The molecule has 0 spiro atoms. The van der Waals surface area contributed by atoms with Crippen molar-refractivity contribution in [2.75, 3.05) is 19.6 Å². The highest BCUT2D eigenvalue weighted by molar-refractivity contribution is 4.89. The van der Waals surface area contributed by atoms with Crippen molar-refractivity contribution in [1.82, 2.24) is 10.2 Å². The highest BCUT2D eigenvalue weighted by Crippen LogP contribution is 2.34. The summed E-state index contributed by atoms with van der Waals surface area (Å²) in [4.78, 5) is 2.89. The molecular weight excluding hydrogens is 220 g/mol. The van der Waals surface area contributed by atoms with Crippen LogP contribution in [0, 0.1) is 5.92 Å². The van der Waals surface area contributed by atoms with Gasteiger partial charge >= 0.3 is 0 Å². The Morgan fingerprint density at radius 2 is 1.78 bits per heavy atom. The first-order chi connectivity index (χ1) is 8.86. The van der Waals surface area contributed by atoms with Crippen molar-refractivity contribution in [2.24, 2.45) is 5.92 Å². The summed E-state index contributed by atoms with van der Waals surface area (Å²) in [6.45, 7) is 8.31. The maximum absolute atomic E-state index is 3.58. The van der Waals surface area contributed by atoms with Crippen LogP contribution in [0.4, 0.5) is 0 Å². The van der Waals surface area contributed by atoms with Gasteiger partial charge in [-0.25, -0.2) is 0 Å². The lowest BCUT2D eigenvalue weighted by atomic mass is 9.80. The van der Waals surface area contributed by atoms with Gasteiger partial charge in [0.25, 0.3) is 0 Å². The van der Waals surface area contributed by atoms with Crippen molar-refractivity contribution in [3.63, 3.8) is 0 Å². The summed E-state index contributed by atoms with van der Waals surface area (Å²) < 4.78 is 0. The van der Waals surface area contributed by atoms with Crippen molar-refractivity contribution in [3.05, 3.63) is 0 Å². The van der Waals surface area contributed by atoms with Crippen LogP contribution in [-0.2, 0) is 0 Å². The van der Waals surface area contributed by atoms with E-state index in [0.29, 0.717) is 0 Å². The van der Waals surface area contributed by atoms with E-state index in [9.17, 15) is 0 Å². The summed E-state index contributed by atoms with van der Waals surface area (Å²) in [6, 6.07) is 1.71. The molecule has 1 N–H and O–H groups in total. The summed E-state index contributed by atoms with van der Waals surface area (Å²) in [5.41, 5.74) is 0. The SMILES string of the molecule is CCNCC1CCCCN1C1CCCCC1CC. The number of nitrogens with zero attached hydrogens (tertiary/aromatic N) is 1. The standard InChI is InChI=1S/C16H32N2/c1-3-14-9-5-6-11-16(14)18-12-8-7-10-15(18)13-17-4-2/h14-17H,3-13H2,1-2H3. The molecule has 3 unspecified atom stereocenters. The number of piperidine rings is 1. The van der Waals surface area contributed by atoms with Crippen LogP contribution in [0.3, 0.4) is 0 Å². The van der Waals surface area contributed by atoms with Crippen molar-refractivity contribution in [3.8, 4) is 0 Å². The third kappa shape index (κ3) is 3.48. The molecule has 3 atom stereocenters. The second kappa shape index (κ2) is 7.49. The third-order valence-corrected chi connectivity index (χ3v) is 5.12. The van der Waals surface area contributed by atoms with Crippen LogP contribution in [0.1, 0.15) is 65.2 Å². The molecule has 0 aromatic carbocycles. The van der Waals surface area contributed by atoms with E-state index in [4.69, 9.17) is 0 Å². The topological polar surface area (TPSA) is 15.3 Å². The second-order valence-corrected chi connectivity index (χ2v) is 6.22. The Morgan fingerprint density at radius 3 is 2.56 bits per heavy atom. The predicted molar refractivity (Wildman–Crippen MR) is 78.9 cm³/mol. The van der Waals surface area contributed by atoms with Gasteiger partial charge in [0.15, 0.2) is 0 Å². The third-order valence-electron chi connectivity index (χ3n) is 5.12. The number of hydrogen-bond acceptors (Lipinski definition) is 2. The van der Waals surface area contributed by atoms with Gasteiger partial charge in [-0.3, -0.25) is 4.90 Å². The Balaban J connectivity index is 1.97. The van der Waals surface area contributed by atoms with E-state index in [-0.39, 0.29) is 0 Å². The van der Waals surface area contributed by atoms with Crippen LogP contribution in [0.5, 0.6) is 0 Å². The number of rotatable bonds is 5. The van der Waals surface area contributed by atoms with Crippen molar-refractivity contribution in [2.45, 2.75) is 77.3 Å². The molecule has 0 bridgehead atoms. The maximum atomic E-state index is 3.58. The van der Waals surface area contributed by atoms with Crippen LogP contribution in [0.15, 0.2) is 0 Å². The van der Waals surface area contributed by atoms with E-state index in [1.807, 2.05) is 0 Å². The van der Waals surface area contributed by atoms with Crippen LogP contribution >= 0.6 is 0 Å². The first-order valence-corrected chi connectivity index (χ1v) is 8.33. The van der Waals surface area contributed by atoms with Crippen molar-refractivity contribution >= 4 is 0 Å². The van der Waals surface area contributed by atoms with Gasteiger partial charge < -0.3 is 5.32 Å². The highest BCUT2D eigenvalue weighted by Gasteiger charge is 2.33. The molecule has 1 heterocycles. The number of likely N-dealkylation sites (tertiary alicyclic amines) is 1. The lowest BCUT2D eigenvalue weighted by Crippen LogP contribution is -2.53. The van der Waals surface area contributed by atoms with Crippen LogP contribution in [-0.4, -0.2) is 36.6 Å². The first-order valence-electron chi connectivity index (χ1n) is 8.33. The van der Waals surface area contributed by atoms with E-state index in [1.54, 1.807) is 0 Å².